The Morgan fingerprint density at radius 3 is 2.61 bits per heavy atom. The second-order valence-electron chi connectivity index (χ2n) is 8.95. The fraction of sp³-hybridized carbons (Fsp3) is 0.360. The van der Waals surface area contributed by atoms with Gasteiger partial charge >= 0.3 is 0 Å². The van der Waals surface area contributed by atoms with Gasteiger partial charge < -0.3 is 14.8 Å². The molecule has 31 heavy (non-hydrogen) atoms. The number of para-hydroxylation sites is 1. The maximum atomic E-state index is 13.7. The van der Waals surface area contributed by atoms with Crippen molar-refractivity contribution in [2.75, 3.05) is 6.54 Å². The van der Waals surface area contributed by atoms with Crippen LogP contribution in [0.3, 0.4) is 0 Å². The molecule has 1 aromatic heterocycles. The zero-order valence-electron chi connectivity index (χ0n) is 17.2. The Kier molecular flexibility index (Phi) is 4.35. The predicted molar refractivity (Wildman–Crippen MR) is 120 cm³/mol. The summed E-state index contributed by atoms with van der Waals surface area (Å²) < 4.78 is 0. The molecule has 3 aromatic rings. The van der Waals surface area contributed by atoms with Gasteiger partial charge in [0.2, 0.25) is 11.8 Å². The van der Waals surface area contributed by atoms with E-state index in [9.17, 15) is 9.59 Å². The van der Waals surface area contributed by atoms with E-state index in [0.29, 0.717) is 11.4 Å². The average molecular weight is 434 g/mol. The number of benzene rings is 2. The number of aromatic nitrogens is 1. The number of carbonyl (C=O) groups excluding carboxylic acids is 2. The molecule has 0 radical (unpaired) electrons. The summed E-state index contributed by atoms with van der Waals surface area (Å²) in [5, 5.41) is 1.75. The highest BCUT2D eigenvalue weighted by Crippen LogP contribution is 2.43. The third-order valence-corrected chi connectivity index (χ3v) is 7.46. The molecule has 0 unspecified atom stereocenters. The van der Waals surface area contributed by atoms with Crippen molar-refractivity contribution >= 4 is 34.3 Å². The van der Waals surface area contributed by atoms with Gasteiger partial charge in [-0.25, -0.2) is 0 Å². The van der Waals surface area contributed by atoms with Gasteiger partial charge in [-0.05, 0) is 42.2 Å². The molecule has 0 spiro atoms. The molecule has 0 bridgehead atoms. The van der Waals surface area contributed by atoms with Crippen LogP contribution in [-0.4, -0.2) is 45.2 Å². The molecule has 158 valence electrons. The highest BCUT2D eigenvalue weighted by Gasteiger charge is 2.49. The Morgan fingerprint density at radius 2 is 1.81 bits per heavy atom. The minimum Gasteiger partial charge on any atom is -0.356 e. The van der Waals surface area contributed by atoms with E-state index >= 15 is 0 Å². The molecular formula is C25H24ClN3O2. The number of carbonyl (C=O) groups is 2. The van der Waals surface area contributed by atoms with Gasteiger partial charge in [0.25, 0.3) is 0 Å². The maximum absolute atomic E-state index is 13.7. The van der Waals surface area contributed by atoms with Gasteiger partial charge in [-0.3, -0.25) is 9.59 Å². The third kappa shape index (κ3) is 2.90. The zero-order valence-corrected chi connectivity index (χ0v) is 17.9. The quantitative estimate of drug-likeness (QED) is 0.649. The monoisotopic (exact) mass is 433 g/mol. The molecule has 1 aliphatic carbocycles. The van der Waals surface area contributed by atoms with E-state index < -0.39 is 6.04 Å². The van der Waals surface area contributed by atoms with E-state index in [1.165, 1.54) is 0 Å². The molecule has 2 amide bonds. The summed E-state index contributed by atoms with van der Waals surface area (Å²) in [6.07, 6.45) is 4.82. The van der Waals surface area contributed by atoms with Gasteiger partial charge in [-0.1, -0.05) is 54.8 Å². The molecule has 2 aliphatic heterocycles. The molecular weight excluding hydrogens is 410 g/mol. The van der Waals surface area contributed by atoms with Crippen LogP contribution in [0.15, 0.2) is 48.5 Å². The van der Waals surface area contributed by atoms with E-state index in [1.807, 2.05) is 46.2 Å². The molecule has 6 rings (SSSR count). The van der Waals surface area contributed by atoms with Crippen molar-refractivity contribution in [2.45, 2.75) is 50.2 Å². The number of halogens is 1. The molecule has 3 heterocycles. The second kappa shape index (κ2) is 7.13. The summed E-state index contributed by atoms with van der Waals surface area (Å²) in [5.74, 6) is 0.111. The van der Waals surface area contributed by atoms with Crippen LogP contribution in [0.1, 0.15) is 48.5 Å². The van der Waals surface area contributed by atoms with Crippen LogP contribution >= 0.6 is 11.6 Å². The highest BCUT2D eigenvalue weighted by atomic mass is 35.5. The van der Waals surface area contributed by atoms with E-state index in [-0.39, 0.29) is 30.4 Å². The van der Waals surface area contributed by atoms with Crippen LogP contribution in [0, 0.1) is 0 Å². The highest BCUT2D eigenvalue weighted by molar-refractivity contribution is 6.30. The first-order valence-electron chi connectivity index (χ1n) is 11.1. The summed E-state index contributed by atoms with van der Waals surface area (Å²) in [6.45, 7) is 0.173. The molecule has 1 N–H and O–H groups in total. The standard InChI is InChI=1S/C25H24ClN3O2/c26-16-7-5-6-15(12-16)24-23-19(18-10-3-4-11-20(18)27-23)13-21-25(31)28(14-22(30)29(21)24)17-8-1-2-9-17/h3-7,10-12,17,21,24,27H,1-2,8-9,13-14H2/t21-,24+/m0/s1. The molecule has 2 aromatic carbocycles. The Morgan fingerprint density at radius 1 is 1.00 bits per heavy atom. The maximum Gasteiger partial charge on any atom is 0.246 e. The third-order valence-electron chi connectivity index (χ3n) is 7.22. The predicted octanol–water partition coefficient (Wildman–Crippen LogP) is 4.45. The molecule has 6 heteroatoms. The van der Waals surface area contributed by atoms with Crippen molar-refractivity contribution in [3.8, 4) is 0 Å². The van der Waals surface area contributed by atoms with Crippen molar-refractivity contribution in [3.63, 3.8) is 0 Å². The minimum atomic E-state index is -0.475. The fourth-order valence-corrected chi connectivity index (χ4v) is 6.03. The number of nitrogens with one attached hydrogen (secondary N) is 1. The van der Waals surface area contributed by atoms with Crippen molar-refractivity contribution in [1.29, 1.82) is 0 Å². The molecule has 1 saturated heterocycles. The Labute approximate surface area is 186 Å². The molecule has 3 aliphatic rings. The lowest BCUT2D eigenvalue weighted by Crippen LogP contribution is -2.64. The van der Waals surface area contributed by atoms with Crippen LogP contribution in [0.4, 0.5) is 0 Å². The fourth-order valence-electron chi connectivity index (χ4n) is 5.83. The van der Waals surface area contributed by atoms with Crippen LogP contribution in [0.5, 0.6) is 0 Å². The topological polar surface area (TPSA) is 56.4 Å². The Hall–Kier alpha value is -2.79. The number of amides is 2. The van der Waals surface area contributed by atoms with Crippen molar-refractivity contribution in [1.82, 2.24) is 14.8 Å². The van der Waals surface area contributed by atoms with Gasteiger partial charge in [0.1, 0.15) is 12.6 Å². The van der Waals surface area contributed by atoms with Crippen molar-refractivity contribution in [3.05, 3.63) is 70.4 Å². The summed E-state index contributed by atoms with van der Waals surface area (Å²) in [6, 6.07) is 15.2. The molecule has 5 nitrogen and oxygen atoms in total. The van der Waals surface area contributed by atoms with E-state index in [0.717, 1.165) is 53.4 Å². The molecule has 2 atom stereocenters. The Balaban J connectivity index is 1.52. The van der Waals surface area contributed by atoms with E-state index in [4.69, 9.17) is 11.6 Å². The zero-order chi connectivity index (χ0) is 21.1. The largest absolute Gasteiger partial charge is 0.356 e. The number of H-pyrrole nitrogens is 1. The summed E-state index contributed by atoms with van der Waals surface area (Å²) in [5.41, 5.74) is 4.10. The number of hydrogen-bond donors (Lipinski definition) is 1. The van der Waals surface area contributed by atoms with Crippen LogP contribution in [0.2, 0.25) is 5.02 Å². The number of nitrogens with zero attached hydrogens (tertiary/aromatic N) is 2. The van der Waals surface area contributed by atoms with Crippen molar-refractivity contribution in [2.24, 2.45) is 0 Å². The van der Waals surface area contributed by atoms with E-state index in [2.05, 4.69) is 17.1 Å². The number of hydrogen-bond acceptors (Lipinski definition) is 2. The van der Waals surface area contributed by atoms with Gasteiger partial charge in [0, 0.05) is 34.1 Å². The van der Waals surface area contributed by atoms with Crippen LogP contribution < -0.4 is 0 Å². The minimum absolute atomic E-state index is 0.0192. The van der Waals surface area contributed by atoms with Gasteiger partial charge in [-0.2, -0.15) is 0 Å². The Bertz CT molecular complexity index is 1200. The summed E-state index contributed by atoms with van der Waals surface area (Å²) in [7, 11) is 0. The lowest BCUT2D eigenvalue weighted by molar-refractivity contribution is -0.160. The summed E-state index contributed by atoms with van der Waals surface area (Å²) in [4.78, 5) is 34.5. The van der Waals surface area contributed by atoms with Crippen LogP contribution in [-0.2, 0) is 16.0 Å². The number of aromatic amines is 1. The first-order valence-corrected chi connectivity index (χ1v) is 11.5. The number of rotatable bonds is 2. The van der Waals surface area contributed by atoms with Gasteiger partial charge in [0.05, 0.1) is 6.04 Å². The van der Waals surface area contributed by atoms with Crippen molar-refractivity contribution < 1.29 is 9.59 Å². The lowest BCUT2D eigenvalue weighted by Gasteiger charge is -2.48. The van der Waals surface area contributed by atoms with Gasteiger partial charge in [0.15, 0.2) is 0 Å². The number of fused-ring (bicyclic) bond motifs is 4. The first kappa shape index (κ1) is 18.9. The normalized spacial score (nSPS) is 24.0. The number of piperazine rings is 1. The van der Waals surface area contributed by atoms with Gasteiger partial charge in [-0.15, -0.1) is 0 Å². The SMILES string of the molecule is O=C1[C@@H]2Cc3c([nH]c4ccccc34)[C@@H](c3cccc(Cl)c3)N2C(=O)CN1C1CCCC1. The molecule has 1 saturated carbocycles. The smallest absolute Gasteiger partial charge is 0.246 e. The first-order chi connectivity index (χ1) is 15.1. The lowest BCUT2D eigenvalue weighted by atomic mass is 9.86. The molecule has 2 fully saturated rings. The van der Waals surface area contributed by atoms with Crippen LogP contribution in [0.25, 0.3) is 10.9 Å². The summed E-state index contributed by atoms with van der Waals surface area (Å²) >= 11 is 6.33. The second-order valence-corrected chi connectivity index (χ2v) is 9.38. The average Bonchev–Trinajstić information content (AvgIpc) is 3.43. The van der Waals surface area contributed by atoms with E-state index in [1.54, 1.807) is 0 Å².